The molecule has 1 aromatic heterocycles. The molecule has 0 atom stereocenters. The van der Waals surface area contributed by atoms with Crippen molar-refractivity contribution >= 4 is 22.2 Å². The van der Waals surface area contributed by atoms with E-state index in [0.29, 0.717) is 22.2 Å². The lowest BCUT2D eigenvalue weighted by Gasteiger charge is -2.09. The number of ether oxygens (including phenoxy) is 1. The van der Waals surface area contributed by atoms with Crippen molar-refractivity contribution in [2.24, 2.45) is 0 Å². The second-order valence-electron chi connectivity index (χ2n) is 4.97. The minimum absolute atomic E-state index is 0.00426. The molecule has 3 aromatic rings. The SMILES string of the molecule is COc1ccccc1C(O)=C(C#N)c1nc2ccccc2c(=O)[nH]1. The first-order chi connectivity index (χ1) is 11.7. The molecule has 0 fully saturated rings. The number of aliphatic hydroxyl groups excluding tert-OH is 1. The Morgan fingerprint density at radius 1 is 1.21 bits per heavy atom. The molecule has 0 bridgehead atoms. The first kappa shape index (κ1) is 15.3. The number of aliphatic hydroxyl groups is 1. The maximum Gasteiger partial charge on any atom is 0.259 e. The number of nitrogens with one attached hydrogen (secondary N) is 1. The highest BCUT2D eigenvalue weighted by Gasteiger charge is 2.17. The Bertz CT molecular complexity index is 1050. The zero-order valence-corrected chi connectivity index (χ0v) is 12.8. The summed E-state index contributed by atoms with van der Waals surface area (Å²) in [6.45, 7) is 0. The van der Waals surface area contributed by atoms with Crippen LogP contribution in [0.5, 0.6) is 5.75 Å². The maximum absolute atomic E-state index is 12.2. The van der Waals surface area contributed by atoms with Gasteiger partial charge in [-0.15, -0.1) is 0 Å². The Labute approximate surface area is 137 Å². The van der Waals surface area contributed by atoms with Crippen molar-refractivity contribution in [3.8, 4) is 11.8 Å². The van der Waals surface area contributed by atoms with Crippen LogP contribution in [0.1, 0.15) is 11.4 Å². The van der Waals surface area contributed by atoms with E-state index in [1.165, 1.54) is 7.11 Å². The molecule has 6 heteroatoms. The van der Waals surface area contributed by atoms with Crippen molar-refractivity contribution in [1.82, 2.24) is 9.97 Å². The van der Waals surface area contributed by atoms with Crippen LogP contribution in [-0.2, 0) is 0 Å². The fourth-order valence-corrected chi connectivity index (χ4v) is 2.40. The van der Waals surface area contributed by atoms with Gasteiger partial charge in [-0.1, -0.05) is 24.3 Å². The predicted molar refractivity (Wildman–Crippen MR) is 90.4 cm³/mol. The maximum atomic E-state index is 12.2. The molecule has 0 aliphatic heterocycles. The zero-order chi connectivity index (χ0) is 17.1. The van der Waals surface area contributed by atoms with Gasteiger partial charge in [-0.25, -0.2) is 4.98 Å². The first-order valence-corrected chi connectivity index (χ1v) is 7.12. The predicted octanol–water partition coefficient (Wildman–Crippen LogP) is 2.88. The Hall–Kier alpha value is -3.59. The van der Waals surface area contributed by atoms with E-state index in [-0.39, 0.29) is 22.7 Å². The second kappa shape index (κ2) is 6.26. The number of fused-ring (bicyclic) bond motifs is 1. The summed E-state index contributed by atoms with van der Waals surface area (Å²) in [5.41, 5.74) is 0.266. The summed E-state index contributed by atoms with van der Waals surface area (Å²) >= 11 is 0. The molecule has 0 amide bonds. The Morgan fingerprint density at radius 3 is 2.67 bits per heavy atom. The number of allylic oxidation sites excluding steroid dienone is 1. The Morgan fingerprint density at radius 2 is 1.92 bits per heavy atom. The third-order valence-corrected chi connectivity index (χ3v) is 3.56. The lowest BCUT2D eigenvalue weighted by molar-refractivity contribution is 0.408. The fraction of sp³-hybridized carbons (Fsp3) is 0.0556. The van der Waals surface area contributed by atoms with Crippen LogP contribution >= 0.6 is 0 Å². The summed E-state index contributed by atoms with van der Waals surface area (Å²) < 4.78 is 5.20. The van der Waals surface area contributed by atoms with Gasteiger partial charge in [0, 0.05) is 0 Å². The van der Waals surface area contributed by atoms with Gasteiger partial charge in [0.25, 0.3) is 5.56 Å². The normalized spacial score (nSPS) is 11.7. The largest absolute Gasteiger partial charge is 0.506 e. The molecule has 0 spiro atoms. The van der Waals surface area contributed by atoms with E-state index in [4.69, 9.17) is 4.74 Å². The summed E-state index contributed by atoms with van der Waals surface area (Å²) in [4.78, 5) is 19.0. The van der Waals surface area contributed by atoms with E-state index in [1.54, 1.807) is 48.5 Å². The lowest BCUT2D eigenvalue weighted by atomic mass is 10.1. The molecule has 0 saturated heterocycles. The minimum atomic E-state index is -0.379. The van der Waals surface area contributed by atoms with Crippen LogP contribution in [0.3, 0.4) is 0 Å². The fourth-order valence-electron chi connectivity index (χ4n) is 2.40. The molecule has 0 unspecified atom stereocenters. The van der Waals surface area contributed by atoms with Crippen LogP contribution in [0.25, 0.3) is 22.2 Å². The summed E-state index contributed by atoms with van der Waals surface area (Å²) in [6.07, 6.45) is 0. The molecule has 24 heavy (non-hydrogen) atoms. The average Bonchev–Trinajstić information content (AvgIpc) is 2.62. The van der Waals surface area contributed by atoms with Gasteiger partial charge in [0.1, 0.15) is 23.2 Å². The van der Waals surface area contributed by atoms with E-state index in [1.807, 2.05) is 6.07 Å². The standard InChI is InChI=1S/C18H13N3O3/c1-24-15-9-5-3-7-12(15)16(22)13(10-19)17-20-14-8-4-2-6-11(14)18(23)21-17/h2-9,22H,1H3,(H,20,21,23). The molecule has 6 nitrogen and oxygen atoms in total. The van der Waals surface area contributed by atoms with E-state index in [9.17, 15) is 15.2 Å². The van der Waals surface area contributed by atoms with E-state index >= 15 is 0 Å². The highest BCUT2D eigenvalue weighted by molar-refractivity contribution is 5.94. The molecule has 0 radical (unpaired) electrons. The molecule has 118 valence electrons. The molecule has 0 aliphatic rings. The number of hydrogen-bond donors (Lipinski definition) is 2. The van der Waals surface area contributed by atoms with Crippen molar-refractivity contribution in [3.05, 3.63) is 70.3 Å². The van der Waals surface area contributed by atoms with E-state index in [0.717, 1.165) is 0 Å². The molecule has 1 heterocycles. The minimum Gasteiger partial charge on any atom is -0.506 e. The third-order valence-electron chi connectivity index (χ3n) is 3.56. The van der Waals surface area contributed by atoms with Gasteiger partial charge in [-0.05, 0) is 24.3 Å². The summed E-state index contributed by atoms with van der Waals surface area (Å²) in [5.74, 6) is 0.101. The number of rotatable bonds is 3. The molecule has 3 rings (SSSR count). The molecule has 0 saturated carbocycles. The van der Waals surface area contributed by atoms with Crippen molar-refractivity contribution in [2.45, 2.75) is 0 Å². The van der Waals surface area contributed by atoms with Crippen molar-refractivity contribution in [2.75, 3.05) is 7.11 Å². The van der Waals surface area contributed by atoms with Crippen LogP contribution in [-0.4, -0.2) is 22.2 Å². The highest BCUT2D eigenvalue weighted by atomic mass is 16.5. The average molecular weight is 319 g/mol. The van der Waals surface area contributed by atoms with Crippen LogP contribution < -0.4 is 10.3 Å². The van der Waals surface area contributed by atoms with Gasteiger partial charge in [0.15, 0.2) is 5.82 Å². The Balaban J connectivity index is 2.26. The van der Waals surface area contributed by atoms with Gasteiger partial charge < -0.3 is 14.8 Å². The number of para-hydroxylation sites is 2. The molecule has 0 aliphatic carbocycles. The number of aromatic nitrogens is 2. The highest BCUT2D eigenvalue weighted by Crippen LogP contribution is 2.28. The summed E-state index contributed by atoms with van der Waals surface area (Å²) in [7, 11) is 1.47. The topological polar surface area (TPSA) is 99.0 Å². The number of H-pyrrole nitrogens is 1. The first-order valence-electron chi connectivity index (χ1n) is 7.12. The second-order valence-corrected chi connectivity index (χ2v) is 4.97. The summed E-state index contributed by atoms with van der Waals surface area (Å²) in [6, 6.07) is 15.4. The zero-order valence-electron chi connectivity index (χ0n) is 12.8. The number of hydrogen-bond acceptors (Lipinski definition) is 5. The molecular formula is C18H13N3O3. The molecule has 2 aromatic carbocycles. The Kier molecular flexibility index (Phi) is 4.00. The van der Waals surface area contributed by atoms with E-state index in [2.05, 4.69) is 9.97 Å². The molecular weight excluding hydrogens is 306 g/mol. The van der Waals surface area contributed by atoms with Crippen molar-refractivity contribution < 1.29 is 9.84 Å². The van der Waals surface area contributed by atoms with Gasteiger partial charge in [0.2, 0.25) is 0 Å². The number of aromatic amines is 1. The number of methoxy groups -OCH3 is 1. The van der Waals surface area contributed by atoms with Crippen LogP contribution in [0.15, 0.2) is 53.3 Å². The van der Waals surface area contributed by atoms with E-state index < -0.39 is 0 Å². The van der Waals surface area contributed by atoms with Gasteiger partial charge in [0.05, 0.1) is 23.6 Å². The quantitative estimate of drug-likeness (QED) is 0.571. The molecule has 2 N–H and O–H groups in total. The van der Waals surface area contributed by atoms with Gasteiger partial charge in [-0.2, -0.15) is 5.26 Å². The van der Waals surface area contributed by atoms with Crippen LogP contribution in [0, 0.1) is 11.3 Å². The van der Waals surface area contributed by atoms with Gasteiger partial charge >= 0.3 is 0 Å². The van der Waals surface area contributed by atoms with Crippen LogP contribution in [0.2, 0.25) is 0 Å². The van der Waals surface area contributed by atoms with Crippen molar-refractivity contribution in [1.29, 1.82) is 5.26 Å². The number of benzene rings is 2. The number of nitriles is 1. The third kappa shape index (κ3) is 2.59. The number of nitrogens with zero attached hydrogens (tertiary/aromatic N) is 2. The lowest BCUT2D eigenvalue weighted by Crippen LogP contribution is -2.11. The van der Waals surface area contributed by atoms with Crippen LogP contribution in [0.4, 0.5) is 0 Å². The summed E-state index contributed by atoms with van der Waals surface area (Å²) in [5, 5.41) is 20.4. The monoisotopic (exact) mass is 319 g/mol. The van der Waals surface area contributed by atoms with Gasteiger partial charge in [-0.3, -0.25) is 4.79 Å². The smallest absolute Gasteiger partial charge is 0.259 e. The van der Waals surface area contributed by atoms with Crippen molar-refractivity contribution in [3.63, 3.8) is 0 Å².